The molecule has 0 amide bonds. The average molecular weight is 272 g/mol. The van der Waals surface area contributed by atoms with Crippen molar-refractivity contribution in [3.63, 3.8) is 0 Å². The van der Waals surface area contributed by atoms with Crippen LogP contribution in [0.5, 0.6) is 0 Å². The van der Waals surface area contributed by atoms with Crippen molar-refractivity contribution < 1.29 is 0 Å². The highest BCUT2D eigenvalue weighted by Crippen LogP contribution is 2.25. The van der Waals surface area contributed by atoms with Crippen molar-refractivity contribution in [1.29, 1.82) is 0 Å². The lowest BCUT2D eigenvalue weighted by Crippen LogP contribution is -2.11. The van der Waals surface area contributed by atoms with E-state index in [1.165, 1.54) is 11.3 Å². The van der Waals surface area contributed by atoms with Crippen LogP contribution in [0.3, 0.4) is 0 Å². The molecule has 0 saturated carbocycles. The number of hydrogen-bond acceptors (Lipinski definition) is 3. The second-order valence-electron chi connectivity index (χ2n) is 5.42. The third-order valence-corrected chi connectivity index (χ3v) is 3.31. The Labute approximate surface area is 121 Å². The molecule has 1 heterocycles. The van der Waals surface area contributed by atoms with Gasteiger partial charge < -0.3 is 14.8 Å². The van der Waals surface area contributed by atoms with Crippen LogP contribution < -0.4 is 10.2 Å². The molecular formula is C16H24N4. The molecule has 0 aliphatic rings. The maximum atomic E-state index is 4.56. The summed E-state index contributed by atoms with van der Waals surface area (Å²) in [5.41, 5.74) is 4.61. The molecular weight excluding hydrogens is 248 g/mol. The molecule has 1 aromatic carbocycles. The zero-order valence-corrected chi connectivity index (χ0v) is 13.1. The molecule has 108 valence electrons. The molecule has 0 unspecified atom stereocenters. The SMILES string of the molecule is CCCn1cc(C)nc1Nc1ccc(C)c(N(C)C)c1. The molecule has 0 saturated heterocycles. The van der Waals surface area contributed by atoms with Crippen LogP contribution in [0.25, 0.3) is 0 Å². The third kappa shape index (κ3) is 3.13. The molecule has 1 aromatic heterocycles. The second-order valence-corrected chi connectivity index (χ2v) is 5.42. The summed E-state index contributed by atoms with van der Waals surface area (Å²) in [6.07, 6.45) is 3.19. The van der Waals surface area contributed by atoms with Crippen molar-refractivity contribution in [2.75, 3.05) is 24.3 Å². The molecule has 0 atom stereocenters. The van der Waals surface area contributed by atoms with Gasteiger partial charge in [0.25, 0.3) is 0 Å². The smallest absolute Gasteiger partial charge is 0.207 e. The first kappa shape index (κ1) is 14.4. The van der Waals surface area contributed by atoms with E-state index in [-0.39, 0.29) is 0 Å². The molecule has 0 aliphatic heterocycles. The molecule has 20 heavy (non-hydrogen) atoms. The summed E-state index contributed by atoms with van der Waals surface area (Å²) in [4.78, 5) is 6.69. The Morgan fingerprint density at radius 3 is 2.65 bits per heavy atom. The standard InChI is InChI=1S/C16H24N4/c1-6-9-20-11-13(3)17-16(20)18-14-8-7-12(2)15(10-14)19(4)5/h7-8,10-11H,6,9H2,1-5H3,(H,17,18). The van der Waals surface area contributed by atoms with E-state index in [2.05, 4.69) is 72.1 Å². The highest BCUT2D eigenvalue weighted by molar-refractivity contribution is 5.65. The van der Waals surface area contributed by atoms with E-state index in [1.807, 2.05) is 6.92 Å². The Kier molecular flexibility index (Phi) is 4.32. The quantitative estimate of drug-likeness (QED) is 0.900. The van der Waals surface area contributed by atoms with Gasteiger partial charge in [0.1, 0.15) is 0 Å². The van der Waals surface area contributed by atoms with Crippen molar-refractivity contribution in [2.45, 2.75) is 33.7 Å². The van der Waals surface area contributed by atoms with Gasteiger partial charge in [-0.2, -0.15) is 0 Å². The number of nitrogens with one attached hydrogen (secondary N) is 1. The molecule has 0 bridgehead atoms. The Morgan fingerprint density at radius 2 is 2.00 bits per heavy atom. The Hall–Kier alpha value is -1.97. The van der Waals surface area contributed by atoms with Crippen LogP contribution in [0.15, 0.2) is 24.4 Å². The monoisotopic (exact) mass is 272 g/mol. The number of rotatable bonds is 5. The van der Waals surface area contributed by atoms with Crippen LogP contribution in [-0.4, -0.2) is 23.6 Å². The number of benzene rings is 1. The first-order valence-corrected chi connectivity index (χ1v) is 7.10. The van der Waals surface area contributed by atoms with Gasteiger partial charge in [0, 0.05) is 38.2 Å². The molecule has 0 fully saturated rings. The molecule has 2 aromatic rings. The Morgan fingerprint density at radius 1 is 1.25 bits per heavy atom. The molecule has 4 nitrogen and oxygen atoms in total. The number of anilines is 3. The lowest BCUT2D eigenvalue weighted by Gasteiger charge is -2.17. The van der Waals surface area contributed by atoms with Crippen LogP contribution in [0.1, 0.15) is 24.6 Å². The first-order valence-electron chi connectivity index (χ1n) is 7.10. The van der Waals surface area contributed by atoms with Crippen LogP contribution in [0.4, 0.5) is 17.3 Å². The van der Waals surface area contributed by atoms with Crippen LogP contribution in [0, 0.1) is 13.8 Å². The lowest BCUT2D eigenvalue weighted by atomic mass is 10.1. The van der Waals surface area contributed by atoms with E-state index < -0.39 is 0 Å². The molecule has 0 spiro atoms. The summed E-state index contributed by atoms with van der Waals surface area (Å²) in [5, 5.41) is 3.43. The summed E-state index contributed by atoms with van der Waals surface area (Å²) < 4.78 is 2.17. The fourth-order valence-electron chi connectivity index (χ4n) is 2.36. The molecule has 2 rings (SSSR count). The number of imidazole rings is 1. The van der Waals surface area contributed by atoms with Gasteiger partial charge in [0.2, 0.25) is 5.95 Å². The van der Waals surface area contributed by atoms with Crippen molar-refractivity contribution in [1.82, 2.24) is 9.55 Å². The van der Waals surface area contributed by atoms with Gasteiger partial charge in [-0.05, 0) is 38.0 Å². The van der Waals surface area contributed by atoms with E-state index in [0.717, 1.165) is 30.3 Å². The Bertz CT molecular complexity index is 584. The molecule has 4 heteroatoms. The normalized spacial score (nSPS) is 10.7. The van der Waals surface area contributed by atoms with E-state index in [0.29, 0.717) is 0 Å². The highest BCUT2D eigenvalue weighted by atomic mass is 15.2. The number of aryl methyl sites for hydroxylation is 3. The highest BCUT2D eigenvalue weighted by Gasteiger charge is 2.07. The van der Waals surface area contributed by atoms with Gasteiger partial charge in [-0.25, -0.2) is 4.98 Å². The van der Waals surface area contributed by atoms with Crippen LogP contribution >= 0.6 is 0 Å². The Balaban J connectivity index is 2.28. The van der Waals surface area contributed by atoms with Gasteiger partial charge >= 0.3 is 0 Å². The average Bonchev–Trinajstić information content (AvgIpc) is 2.72. The predicted molar refractivity (Wildman–Crippen MR) is 86.0 cm³/mol. The van der Waals surface area contributed by atoms with Crippen molar-refractivity contribution in [2.24, 2.45) is 0 Å². The maximum Gasteiger partial charge on any atom is 0.207 e. The third-order valence-electron chi connectivity index (χ3n) is 3.31. The summed E-state index contributed by atoms with van der Waals surface area (Å²) in [6, 6.07) is 6.40. The molecule has 0 aliphatic carbocycles. The lowest BCUT2D eigenvalue weighted by molar-refractivity contribution is 0.686. The fourth-order valence-corrected chi connectivity index (χ4v) is 2.36. The minimum absolute atomic E-state index is 0.915. The van der Waals surface area contributed by atoms with Crippen molar-refractivity contribution in [3.8, 4) is 0 Å². The molecule has 1 N–H and O–H groups in total. The first-order chi connectivity index (χ1) is 9.51. The van der Waals surface area contributed by atoms with Gasteiger partial charge in [-0.3, -0.25) is 0 Å². The van der Waals surface area contributed by atoms with Crippen LogP contribution in [0.2, 0.25) is 0 Å². The van der Waals surface area contributed by atoms with Crippen LogP contribution in [-0.2, 0) is 6.54 Å². The van der Waals surface area contributed by atoms with Gasteiger partial charge in [0.05, 0.1) is 5.69 Å². The number of nitrogens with zero attached hydrogens (tertiary/aromatic N) is 3. The van der Waals surface area contributed by atoms with Gasteiger partial charge in [0.15, 0.2) is 0 Å². The topological polar surface area (TPSA) is 33.1 Å². The zero-order valence-electron chi connectivity index (χ0n) is 13.1. The second kappa shape index (κ2) is 5.99. The predicted octanol–water partition coefficient (Wildman–Crippen LogP) is 3.72. The molecule has 0 radical (unpaired) electrons. The summed E-state index contributed by atoms with van der Waals surface area (Å²) >= 11 is 0. The van der Waals surface area contributed by atoms with Gasteiger partial charge in [-0.15, -0.1) is 0 Å². The van der Waals surface area contributed by atoms with Crippen molar-refractivity contribution >= 4 is 17.3 Å². The minimum Gasteiger partial charge on any atom is -0.377 e. The fraction of sp³-hybridized carbons (Fsp3) is 0.438. The zero-order chi connectivity index (χ0) is 14.7. The number of aromatic nitrogens is 2. The summed E-state index contributed by atoms with van der Waals surface area (Å²) in [6.45, 7) is 7.31. The van der Waals surface area contributed by atoms with Gasteiger partial charge in [-0.1, -0.05) is 13.0 Å². The largest absolute Gasteiger partial charge is 0.377 e. The summed E-state index contributed by atoms with van der Waals surface area (Å²) in [5.74, 6) is 0.915. The number of hydrogen-bond donors (Lipinski definition) is 1. The van der Waals surface area contributed by atoms with E-state index in [4.69, 9.17) is 0 Å². The van der Waals surface area contributed by atoms with E-state index in [1.54, 1.807) is 0 Å². The summed E-state index contributed by atoms with van der Waals surface area (Å²) in [7, 11) is 4.13. The van der Waals surface area contributed by atoms with E-state index in [9.17, 15) is 0 Å². The van der Waals surface area contributed by atoms with Crippen molar-refractivity contribution in [3.05, 3.63) is 35.7 Å². The van der Waals surface area contributed by atoms with E-state index >= 15 is 0 Å². The maximum absolute atomic E-state index is 4.56. The minimum atomic E-state index is 0.915.